The third-order valence-electron chi connectivity index (χ3n) is 4.82. The Bertz CT molecular complexity index is 904. The molecule has 2 aromatic carbocycles. The second-order valence-electron chi connectivity index (χ2n) is 6.79. The van der Waals surface area contributed by atoms with Gasteiger partial charge in [-0.15, -0.1) is 0 Å². The molecule has 1 heterocycles. The second kappa shape index (κ2) is 8.25. The van der Waals surface area contributed by atoms with E-state index in [1.165, 1.54) is 6.92 Å². The van der Waals surface area contributed by atoms with Gasteiger partial charge in [-0.3, -0.25) is 14.4 Å². The summed E-state index contributed by atoms with van der Waals surface area (Å²) >= 11 is 0. The molecule has 0 saturated carbocycles. The summed E-state index contributed by atoms with van der Waals surface area (Å²) in [5, 5.41) is 0. The molecule has 1 amide bonds. The fraction of sp³-hybridized carbons (Fsp3) is 0.318. The largest absolute Gasteiger partial charge is 0.497 e. The van der Waals surface area contributed by atoms with Crippen LogP contribution in [0.3, 0.4) is 0 Å². The summed E-state index contributed by atoms with van der Waals surface area (Å²) in [7, 11) is 1.58. The van der Waals surface area contributed by atoms with Crippen molar-refractivity contribution in [3.8, 4) is 5.75 Å². The number of methoxy groups -OCH3 is 1. The maximum atomic E-state index is 12.7. The van der Waals surface area contributed by atoms with Gasteiger partial charge in [0.1, 0.15) is 5.75 Å². The lowest BCUT2D eigenvalue weighted by Gasteiger charge is -2.16. The zero-order valence-corrected chi connectivity index (χ0v) is 16.2. The SMILES string of the molecule is COc1ccc(CC(=O)OC(C)C(=O)c2ccc3c(c2)CCN3C(C)=O)cc1. The first-order valence-electron chi connectivity index (χ1n) is 9.16. The van der Waals surface area contributed by atoms with Gasteiger partial charge in [0.25, 0.3) is 0 Å². The van der Waals surface area contributed by atoms with Gasteiger partial charge in [-0.1, -0.05) is 12.1 Å². The predicted octanol–water partition coefficient (Wildman–Crippen LogP) is 2.96. The van der Waals surface area contributed by atoms with Crippen molar-refractivity contribution in [2.24, 2.45) is 0 Å². The highest BCUT2D eigenvalue weighted by Crippen LogP contribution is 2.29. The number of carbonyl (C=O) groups excluding carboxylic acids is 3. The van der Waals surface area contributed by atoms with Gasteiger partial charge < -0.3 is 14.4 Å². The number of ketones is 1. The van der Waals surface area contributed by atoms with Crippen LogP contribution in [0.15, 0.2) is 42.5 Å². The number of amides is 1. The maximum Gasteiger partial charge on any atom is 0.310 e. The highest BCUT2D eigenvalue weighted by Gasteiger charge is 2.25. The molecule has 0 spiro atoms. The lowest BCUT2D eigenvalue weighted by molar-refractivity contribution is -0.145. The number of carbonyl (C=O) groups is 3. The molecule has 0 radical (unpaired) electrons. The van der Waals surface area contributed by atoms with Crippen LogP contribution in [0.1, 0.15) is 35.3 Å². The molecule has 0 bridgehead atoms. The minimum absolute atomic E-state index is 0.0151. The Morgan fingerprint density at radius 1 is 1.11 bits per heavy atom. The molecule has 3 rings (SSSR count). The molecule has 1 atom stereocenters. The molecule has 0 N–H and O–H groups in total. The molecule has 1 unspecified atom stereocenters. The van der Waals surface area contributed by atoms with Gasteiger partial charge in [0.05, 0.1) is 13.5 Å². The Hall–Kier alpha value is -3.15. The summed E-state index contributed by atoms with van der Waals surface area (Å²) in [6.07, 6.45) is -0.0877. The molecule has 0 aromatic heterocycles. The zero-order chi connectivity index (χ0) is 20.3. The highest BCUT2D eigenvalue weighted by atomic mass is 16.5. The molecule has 1 aliphatic heterocycles. The Morgan fingerprint density at radius 2 is 1.82 bits per heavy atom. The van der Waals surface area contributed by atoms with Crippen LogP contribution in [-0.2, 0) is 27.2 Å². The van der Waals surface area contributed by atoms with Gasteiger partial charge in [0.15, 0.2) is 6.10 Å². The first-order chi connectivity index (χ1) is 13.4. The second-order valence-corrected chi connectivity index (χ2v) is 6.79. The molecular weight excluding hydrogens is 358 g/mol. The van der Waals surface area contributed by atoms with Crippen molar-refractivity contribution in [3.05, 3.63) is 59.2 Å². The third kappa shape index (κ3) is 4.22. The van der Waals surface area contributed by atoms with Crippen molar-refractivity contribution in [1.82, 2.24) is 0 Å². The van der Waals surface area contributed by atoms with E-state index in [4.69, 9.17) is 9.47 Å². The minimum atomic E-state index is -0.880. The summed E-state index contributed by atoms with van der Waals surface area (Å²) in [5.41, 5.74) is 3.06. The Labute approximate surface area is 164 Å². The van der Waals surface area contributed by atoms with E-state index in [9.17, 15) is 14.4 Å². The molecule has 6 heteroatoms. The molecule has 28 heavy (non-hydrogen) atoms. The topological polar surface area (TPSA) is 72.9 Å². The van der Waals surface area contributed by atoms with E-state index in [1.54, 1.807) is 61.4 Å². The number of nitrogens with zero attached hydrogens (tertiary/aromatic N) is 1. The molecule has 6 nitrogen and oxygen atoms in total. The summed E-state index contributed by atoms with van der Waals surface area (Å²) in [5.74, 6) is -0.0265. The summed E-state index contributed by atoms with van der Waals surface area (Å²) in [4.78, 5) is 38.2. The van der Waals surface area contributed by atoms with Gasteiger partial charge in [0, 0.05) is 24.7 Å². The summed E-state index contributed by atoms with van der Waals surface area (Å²) < 4.78 is 10.4. The first kappa shape index (κ1) is 19.6. The van der Waals surface area contributed by atoms with E-state index < -0.39 is 12.1 Å². The number of esters is 1. The molecular formula is C22H23NO5. The van der Waals surface area contributed by atoms with Crippen LogP contribution in [0.5, 0.6) is 5.75 Å². The van der Waals surface area contributed by atoms with E-state index in [0.29, 0.717) is 24.3 Å². The van der Waals surface area contributed by atoms with E-state index in [0.717, 1.165) is 16.8 Å². The average molecular weight is 381 g/mol. The van der Waals surface area contributed by atoms with E-state index in [-0.39, 0.29) is 18.1 Å². The lowest BCUT2D eigenvalue weighted by Crippen LogP contribution is -2.26. The van der Waals surface area contributed by atoms with Gasteiger partial charge in [0.2, 0.25) is 11.7 Å². The van der Waals surface area contributed by atoms with E-state index in [1.807, 2.05) is 0 Å². The summed E-state index contributed by atoms with van der Waals surface area (Å²) in [6, 6.07) is 12.4. The standard InChI is InChI=1S/C22H23NO5/c1-14(28-21(25)12-16-4-7-19(27-3)8-5-16)22(26)18-6-9-20-17(13-18)10-11-23(20)15(2)24/h4-9,13-14H,10-12H2,1-3H3. The number of hydrogen-bond acceptors (Lipinski definition) is 5. The number of rotatable bonds is 6. The van der Waals surface area contributed by atoms with Gasteiger partial charge >= 0.3 is 5.97 Å². The normalized spacial score (nSPS) is 13.6. The van der Waals surface area contributed by atoms with Crippen LogP contribution in [0.4, 0.5) is 5.69 Å². The van der Waals surface area contributed by atoms with Crippen molar-refractivity contribution < 1.29 is 23.9 Å². The Kier molecular flexibility index (Phi) is 5.78. The van der Waals surface area contributed by atoms with Crippen molar-refractivity contribution in [1.29, 1.82) is 0 Å². The van der Waals surface area contributed by atoms with Crippen molar-refractivity contribution >= 4 is 23.3 Å². The quantitative estimate of drug-likeness (QED) is 0.568. The third-order valence-corrected chi connectivity index (χ3v) is 4.82. The molecule has 0 aliphatic carbocycles. The minimum Gasteiger partial charge on any atom is -0.497 e. The average Bonchev–Trinajstić information content (AvgIpc) is 3.11. The smallest absolute Gasteiger partial charge is 0.310 e. The number of benzene rings is 2. The molecule has 146 valence electrons. The van der Waals surface area contributed by atoms with Crippen molar-refractivity contribution in [3.63, 3.8) is 0 Å². The number of Topliss-reactive ketones (excluding diaryl/α,β-unsaturated/α-hetero) is 1. The van der Waals surface area contributed by atoms with Gasteiger partial charge in [-0.2, -0.15) is 0 Å². The predicted molar refractivity (Wildman–Crippen MR) is 105 cm³/mol. The van der Waals surface area contributed by atoms with Gasteiger partial charge in [-0.05, 0) is 54.8 Å². The molecule has 0 fully saturated rings. The molecule has 2 aromatic rings. The maximum absolute atomic E-state index is 12.7. The van der Waals surface area contributed by atoms with E-state index in [2.05, 4.69) is 0 Å². The van der Waals surface area contributed by atoms with Crippen LogP contribution in [0.2, 0.25) is 0 Å². The fourth-order valence-corrected chi connectivity index (χ4v) is 3.32. The van der Waals surface area contributed by atoms with Crippen LogP contribution in [-0.4, -0.2) is 37.4 Å². The fourth-order valence-electron chi connectivity index (χ4n) is 3.32. The van der Waals surface area contributed by atoms with Crippen LogP contribution in [0.25, 0.3) is 0 Å². The zero-order valence-electron chi connectivity index (χ0n) is 16.2. The number of anilines is 1. The van der Waals surface area contributed by atoms with Crippen LogP contribution >= 0.6 is 0 Å². The van der Waals surface area contributed by atoms with Crippen LogP contribution in [0, 0.1) is 0 Å². The number of hydrogen-bond donors (Lipinski definition) is 0. The highest BCUT2D eigenvalue weighted by molar-refractivity contribution is 6.02. The number of ether oxygens (including phenoxy) is 2. The summed E-state index contributed by atoms with van der Waals surface area (Å²) in [6.45, 7) is 3.72. The van der Waals surface area contributed by atoms with Crippen LogP contribution < -0.4 is 9.64 Å². The molecule has 0 saturated heterocycles. The lowest BCUT2D eigenvalue weighted by atomic mass is 10.0. The van der Waals surface area contributed by atoms with Gasteiger partial charge in [-0.25, -0.2) is 0 Å². The molecule has 1 aliphatic rings. The van der Waals surface area contributed by atoms with Crippen molar-refractivity contribution in [2.75, 3.05) is 18.6 Å². The first-order valence-corrected chi connectivity index (χ1v) is 9.16. The van der Waals surface area contributed by atoms with Crippen molar-refractivity contribution in [2.45, 2.75) is 32.8 Å². The number of fused-ring (bicyclic) bond motifs is 1. The monoisotopic (exact) mass is 381 g/mol. The Balaban J connectivity index is 1.62. The van der Waals surface area contributed by atoms with E-state index >= 15 is 0 Å². The Morgan fingerprint density at radius 3 is 2.46 bits per heavy atom.